The Morgan fingerprint density at radius 1 is 1.30 bits per heavy atom. The van der Waals surface area contributed by atoms with E-state index < -0.39 is 5.60 Å². The van der Waals surface area contributed by atoms with Crippen LogP contribution in [0.5, 0.6) is 0 Å². The minimum Gasteiger partial charge on any atom is -0.389 e. The van der Waals surface area contributed by atoms with Gasteiger partial charge in [0.25, 0.3) is 5.56 Å². The fourth-order valence-corrected chi connectivity index (χ4v) is 3.09. The standard InChI is InChI=1S/C17H23N3O3/c1-16(2)11-19(9-8-17(16,3)23)14(21)10-20-15(22)12-6-4-5-7-13(12)18-20/h4-7,18,23H,8-11H2,1-3H3/t17-/m1/s1. The molecule has 23 heavy (non-hydrogen) atoms. The second-order valence-electron chi connectivity index (χ2n) is 7.27. The topological polar surface area (TPSA) is 78.3 Å². The number of rotatable bonds is 2. The molecule has 6 heteroatoms. The van der Waals surface area contributed by atoms with E-state index in [0.29, 0.717) is 24.9 Å². The fourth-order valence-electron chi connectivity index (χ4n) is 3.09. The highest BCUT2D eigenvalue weighted by Gasteiger charge is 2.45. The van der Waals surface area contributed by atoms with Crippen molar-refractivity contribution in [1.29, 1.82) is 0 Å². The van der Waals surface area contributed by atoms with Crippen molar-refractivity contribution in [2.24, 2.45) is 5.41 Å². The van der Waals surface area contributed by atoms with E-state index in [2.05, 4.69) is 5.10 Å². The van der Waals surface area contributed by atoms with Crippen molar-refractivity contribution in [3.05, 3.63) is 34.6 Å². The van der Waals surface area contributed by atoms with Crippen molar-refractivity contribution in [2.45, 2.75) is 39.3 Å². The Morgan fingerprint density at radius 2 is 2.00 bits per heavy atom. The first-order chi connectivity index (χ1) is 10.7. The van der Waals surface area contributed by atoms with Gasteiger partial charge < -0.3 is 10.0 Å². The number of hydrogen-bond acceptors (Lipinski definition) is 3. The number of amides is 1. The highest BCUT2D eigenvalue weighted by molar-refractivity contribution is 5.79. The Morgan fingerprint density at radius 3 is 2.65 bits per heavy atom. The average molecular weight is 317 g/mol. The third kappa shape index (κ3) is 2.67. The minimum atomic E-state index is -0.790. The van der Waals surface area contributed by atoms with Crippen molar-refractivity contribution >= 4 is 16.8 Å². The molecule has 124 valence electrons. The first kappa shape index (κ1) is 15.8. The zero-order chi connectivity index (χ0) is 16.8. The van der Waals surface area contributed by atoms with E-state index in [4.69, 9.17) is 0 Å². The lowest BCUT2D eigenvalue weighted by atomic mass is 9.71. The molecule has 6 nitrogen and oxygen atoms in total. The number of aliphatic hydroxyl groups is 1. The van der Waals surface area contributed by atoms with Gasteiger partial charge in [-0.05, 0) is 25.5 Å². The third-order valence-corrected chi connectivity index (χ3v) is 5.22. The fraction of sp³-hybridized carbons (Fsp3) is 0.529. The molecule has 1 amide bonds. The molecule has 1 atom stereocenters. The van der Waals surface area contributed by atoms with Crippen LogP contribution in [-0.2, 0) is 11.3 Å². The maximum atomic E-state index is 12.6. The summed E-state index contributed by atoms with van der Waals surface area (Å²) < 4.78 is 1.35. The smallest absolute Gasteiger partial charge is 0.274 e. The van der Waals surface area contributed by atoms with E-state index >= 15 is 0 Å². The molecule has 2 N–H and O–H groups in total. The summed E-state index contributed by atoms with van der Waals surface area (Å²) in [5, 5.41) is 14.0. The number of piperidine rings is 1. The van der Waals surface area contributed by atoms with Crippen molar-refractivity contribution in [1.82, 2.24) is 14.7 Å². The summed E-state index contributed by atoms with van der Waals surface area (Å²) in [4.78, 5) is 26.6. The predicted octanol–water partition coefficient (Wildman–Crippen LogP) is 1.34. The SMILES string of the molecule is CC1(C)CN(C(=O)Cn2[nH]c3ccccc3c2=O)CC[C@@]1(C)O. The monoisotopic (exact) mass is 317 g/mol. The second kappa shape index (κ2) is 5.23. The van der Waals surface area contributed by atoms with Crippen molar-refractivity contribution in [2.75, 3.05) is 13.1 Å². The van der Waals surface area contributed by atoms with Gasteiger partial charge in [-0.25, -0.2) is 4.68 Å². The van der Waals surface area contributed by atoms with Crippen LogP contribution in [0.2, 0.25) is 0 Å². The van der Waals surface area contributed by atoms with E-state index in [1.54, 1.807) is 17.0 Å². The first-order valence-corrected chi connectivity index (χ1v) is 7.89. The molecule has 1 fully saturated rings. The summed E-state index contributed by atoms with van der Waals surface area (Å²) in [6.07, 6.45) is 0.535. The number of likely N-dealkylation sites (tertiary alicyclic amines) is 1. The zero-order valence-corrected chi connectivity index (χ0v) is 13.8. The molecule has 2 heterocycles. The number of aromatic nitrogens is 2. The number of benzene rings is 1. The van der Waals surface area contributed by atoms with Crippen LogP contribution in [0, 0.1) is 5.41 Å². The number of H-pyrrole nitrogens is 1. The molecule has 1 aliphatic heterocycles. The largest absolute Gasteiger partial charge is 0.389 e. The Balaban J connectivity index is 1.79. The Bertz CT molecular complexity index is 801. The van der Waals surface area contributed by atoms with Crippen LogP contribution in [0.3, 0.4) is 0 Å². The summed E-state index contributed by atoms with van der Waals surface area (Å²) >= 11 is 0. The molecular formula is C17H23N3O3. The number of carbonyl (C=O) groups excluding carboxylic acids is 1. The van der Waals surface area contributed by atoms with Gasteiger partial charge in [0.2, 0.25) is 5.91 Å². The lowest BCUT2D eigenvalue weighted by Gasteiger charge is -2.48. The van der Waals surface area contributed by atoms with E-state index in [1.165, 1.54) is 4.68 Å². The lowest BCUT2D eigenvalue weighted by molar-refractivity contribution is -0.147. The second-order valence-corrected chi connectivity index (χ2v) is 7.27. The van der Waals surface area contributed by atoms with Gasteiger partial charge in [0, 0.05) is 18.5 Å². The average Bonchev–Trinajstić information content (AvgIpc) is 2.79. The highest BCUT2D eigenvalue weighted by Crippen LogP contribution is 2.38. The number of carbonyl (C=O) groups is 1. The molecular weight excluding hydrogens is 294 g/mol. The van der Waals surface area contributed by atoms with Gasteiger partial charge in [-0.2, -0.15) is 0 Å². The number of hydrogen-bond donors (Lipinski definition) is 2. The van der Waals surface area contributed by atoms with Gasteiger partial charge in [0.1, 0.15) is 6.54 Å². The number of nitrogens with one attached hydrogen (secondary N) is 1. The molecule has 1 aromatic carbocycles. The molecule has 0 bridgehead atoms. The molecule has 3 rings (SSSR count). The van der Waals surface area contributed by atoms with E-state index in [-0.39, 0.29) is 23.4 Å². The normalized spacial score (nSPS) is 24.1. The van der Waals surface area contributed by atoms with E-state index in [9.17, 15) is 14.7 Å². The minimum absolute atomic E-state index is 0.00820. The molecule has 1 aromatic heterocycles. The number of aromatic amines is 1. The van der Waals surface area contributed by atoms with Gasteiger partial charge in [0.05, 0.1) is 16.5 Å². The molecule has 0 unspecified atom stereocenters. The number of para-hydroxylation sites is 1. The van der Waals surface area contributed by atoms with Gasteiger partial charge in [-0.3, -0.25) is 14.7 Å². The molecule has 0 aliphatic carbocycles. The summed E-state index contributed by atoms with van der Waals surface area (Å²) in [5.41, 5.74) is -0.627. The molecule has 0 saturated carbocycles. The van der Waals surface area contributed by atoms with Gasteiger partial charge in [0.15, 0.2) is 0 Å². The molecule has 1 aliphatic rings. The summed E-state index contributed by atoms with van der Waals surface area (Å²) in [6, 6.07) is 7.22. The molecule has 1 saturated heterocycles. The van der Waals surface area contributed by atoms with Crippen LogP contribution in [0.15, 0.2) is 29.1 Å². The van der Waals surface area contributed by atoms with Crippen LogP contribution in [-0.4, -0.2) is 44.4 Å². The molecule has 2 aromatic rings. The van der Waals surface area contributed by atoms with Gasteiger partial charge >= 0.3 is 0 Å². The number of nitrogens with zero attached hydrogens (tertiary/aromatic N) is 2. The summed E-state index contributed by atoms with van der Waals surface area (Å²) in [6.45, 7) is 6.71. The Labute approximate surface area is 134 Å². The quantitative estimate of drug-likeness (QED) is 0.877. The van der Waals surface area contributed by atoms with Crippen molar-refractivity contribution in [3.63, 3.8) is 0 Å². The van der Waals surface area contributed by atoms with Crippen LogP contribution >= 0.6 is 0 Å². The van der Waals surface area contributed by atoms with Crippen LogP contribution in [0.4, 0.5) is 0 Å². The summed E-state index contributed by atoms with van der Waals surface area (Å²) in [7, 11) is 0. The van der Waals surface area contributed by atoms with E-state index in [1.807, 2.05) is 32.9 Å². The van der Waals surface area contributed by atoms with Gasteiger partial charge in [-0.1, -0.05) is 26.0 Å². The maximum absolute atomic E-state index is 12.6. The maximum Gasteiger partial charge on any atom is 0.274 e. The van der Waals surface area contributed by atoms with E-state index in [0.717, 1.165) is 5.52 Å². The third-order valence-electron chi connectivity index (χ3n) is 5.22. The Hall–Kier alpha value is -2.08. The first-order valence-electron chi connectivity index (χ1n) is 7.89. The zero-order valence-electron chi connectivity index (χ0n) is 13.8. The van der Waals surface area contributed by atoms with Crippen LogP contribution in [0.1, 0.15) is 27.2 Å². The lowest BCUT2D eigenvalue weighted by Crippen LogP contribution is -2.57. The number of fused-ring (bicyclic) bond motifs is 1. The van der Waals surface area contributed by atoms with Crippen LogP contribution < -0.4 is 5.56 Å². The molecule has 0 spiro atoms. The highest BCUT2D eigenvalue weighted by atomic mass is 16.3. The molecule has 0 radical (unpaired) electrons. The van der Waals surface area contributed by atoms with Crippen LogP contribution in [0.25, 0.3) is 10.9 Å². The predicted molar refractivity (Wildman–Crippen MR) is 88.2 cm³/mol. The van der Waals surface area contributed by atoms with Gasteiger partial charge in [-0.15, -0.1) is 0 Å². The Kier molecular flexibility index (Phi) is 3.59. The summed E-state index contributed by atoms with van der Waals surface area (Å²) in [5.74, 6) is -0.109. The van der Waals surface area contributed by atoms with Crippen molar-refractivity contribution in [3.8, 4) is 0 Å². The van der Waals surface area contributed by atoms with Crippen molar-refractivity contribution < 1.29 is 9.90 Å².